The minimum atomic E-state index is -1.16. The molecule has 1 rings (SSSR count). The Labute approximate surface area is 89.4 Å². The summed E-state index contributed by atoms with van der Waals surface area (Å²) in [5, 5.41) is 9.94. The van der Waals surface area contributed by atoms with Gasteiger partial charge in [0.15, 0.2) is 6.61 Å². The van der Waals surface area contributed by atoms with E-state index in [2.05, 4.69) is 4.84 Å². The van der Waals surface area contributed by atoms with E-state index in [9.17, 15) is 9.59 Å². The van der Waals surface area contributed by atoms with Crippen LogP contribution < -0.4 is 10.2 Å². The van der Waals surface area contributed by atoms with E-state index in [4.69, 9.17) is 9.84 Å². The molecule has 1 heterocycles. The first-order chi connectivity index (χ1) is 7.15. The predicted molar refractivity (Wildman–Crippen MR) is 51.9 cm³/mol. The molecular weight excluding hydrogens is 222 g/mol. The predicted octanol–water partition coefficient (Wildman–Crippen LogP) is 0.503. The number of carbonyl (C=O) groups excluding carboxylic acids is 1. The largest absolute Gasteiger partial charge is 0.495 e. The molecule has 0 unspecified atom stereocenters. The van der Waals surface area contributed by atoms with Crippen LogP contribution >= 0.6 is 11.3 Å². The summed E-state index contributed by atoms with van der Waals surface area (Å²) >= 11 is 1.18. The van der Waals surface area contributed by atoms with Crippen LogP contribution in [0, 0.1) is 0 Å². The molecule has 1 aromatic rings. The van der Waals surface area contributed by atoms with Gasteiger partial charge in [-0.1, -0.05) is 0 Å². The van der Waals surface area contributed by atoms with Crippen molar-refractivity contribution in [1.82, 2.24) is 5.48 Å². The number of hydrogen-bond donors (Lipinski definition) is 2. The minimum absolute atomic E-state index is 0.336. The first-order valence-corrected chi connectivity index (χ1v) is 4.78. The molecule has 0 spiro atoms. The highest BCUT2D eigenvalue weighted by molar-refractivity contribution is 7.12. The maximum Gasteiger partial charge on any atom is 0.332 e. The summed E-state index contributed by atoms with van der Waals surface area (Å²) in [4.78, 5) is 26.2. The Hall–Kier alpha value is -1.60. The van der Waals surface area contributed by atoms with E-state index in [-0.39, 0.29) is 0 Å². The molecule has 0 aliphatic heterocycles. The molecule has 0 atom stereocenters. The second-order valence-corrected chi connectivity index (χ2v) is 3.35. The number of rotatable bonds is 5. The highest BCUT2D eigenvalue weighted by Gasteiger charge is 2.13. The first kappa shape index (κ1) is 11.5. The number of methoxy groups -OCH3 is 1. The Balaban J connectivity index is 2.50. The van der Waals surface area contributed by atoms with Crippen molar-refractivity contribution in [3.05, 3.63) is 16.3 Å². The number of amides is 1. The van der Waals surface area contributed by atoms with Gasteiger partial charge in [0.05, 0.1) is 7.11 Å². The topological polar surface area (TPSA) is 84.9 Å². The lowest BCUT2D eigenvalue weighted by Gasteiger charge is -2.03. The summed E-state index contributed by atoms with van der Waals surface area (Å²) in [6.07, 6.45) is 0. The number of thiophene rings is 1. The molecule has 0 radical (unpaired) electrons. The molecule has 82 valence electrons. The molecule has 0 bridgehead atoms. The van der Waals surface area contributed by atoms with Gasteiger partial charge in [-0.2, -0.15) is 0 Å². The van der Waals surface area contributed by atoms with Crippen LogP contribution in [0.15, 0.2) is 11.4 Å². The maximum absolute atomic E-state index is 11.4. The Morgan fingerprint density at radius 1 is 1.60 bits per heavy atom. The van der Waals surface area contributed by atoms with Gasteiger partial charge in [-0.05, 0) is 11.4 Å². The Kier molecular flexibility index (Phi) is 4.07. The SMILES string of the molecule is COc1ccsc1C(=O)NOCC(=O)O. The number of hydrogen-bond acceptors (Lipinski definition) is 5. The number of carboxylic acids is 1. The zero-order valence-corrected chi connectivity index (χ0v) is 8.67. The van der Waals surface area contributed by atoms with E-state index in [0.29, 0.717) is 10.6 Å². The Bertz CT molecular complexity index is 362. The lowest BCUT2D eigenvalue weighted by Crippen LogP contribution is -2.26. The van der Waals surface area contributed by atoms with Gasteiger partial charge < -0.3 is 9.84 Å². The fraction of sp³-hybridized carbons (Fsp3) is 0.250. The summed E-state index contributed by atoms with van der Waals surface area (Å²) in [5.74, 6) is -1.26. The quantitative estimate of drug-likeness (QED) is 0.721. The highest BCUT2D eigenvalue weighted by atomic mass is 32.1. The van der Waals surface area contributed by atoms with Crippen molar-refractivity contribution in [2.75, 3.05) is 13.7 Å². The van der Waals surface area contributed by atoms with Crippen molar-refractivity contribution >= 4 is 23.2 Å². The van der Waals surface area contributed by atoms with Gasteiger partial charge in [0.1, 0.15) is 10.6 Å². The average molecular weight is 231 g/mol. The van der Waals surface area contributed by atoms with Gasteiger partial charge in [-0.3, -0.25) is 9.63 Å². The second-order valence-electron chi connectivity index (χ2n) is 2.43. The molecule has 0 saturated carbocycles. The van der Waals surface area contributed by atoms with Crippen molar-refractivity contribution in [2.45, 2.75) is 0 Å². The highest BCUT2D eigenvalue weighted by Crippen LogP contribution is 2.23. The zero-order valence-electron chi connectivity index (χ0n) is 7.85. The van der Waals surface area contributed by atoms with E-state index in [0.717, 1.165) is 0 Å². The number of aliphatic carboxylic acids is 1. The van der Waals surface area contributed by atoms with Crippen molar-refractivity contribution in [3.63, 3.8) is 0 Å². The van der Waals surface area contributed by atoms with Crippen LogP contribution in [0.2, 0.25) is 0 Å². The van der Waals surface area contributed by atoms with Gasteiger partial charge in [0.25, 0.3) is 5.91 Å². The van der Waals surface area contributed by atoms with Crippen molar-refractivity contribution in [2.24, 2.45) is 0 Å². The number of nitrogens with one attached hydrogen (secondary N) is 1. The van der Waals surface area contributed by atoms with Crippen molar-refractivity contribution < 1.29 is 24.3 Å². The molecule has 1 aromatic heterocycles. The van der Waals surface area contributed by atoms with E-state index >= 15 is 0 Å². The maximum atomic E-state index is 11.4. The van der Waals surface area contributed by atoms with Gasteiger partial charge in [0.2, 0.25) is 0 Å². The normalized spacial score (nSPS) is 9.67. The van der Waals surface area contributed by atoms with Crippen LogP contribution in [0.3, 0.4) is 0 Å². The molecule has 0 saturated heterocycles. The molecule has 0 aromatic carbocycles. The molecule has 0 aliphatic carbocycles. The number of hydroxylamine groups is 1. The van der Waals surface area contributed by atoms with Crippen LogP contribution in [0.5, 0.6) is 5.75 Å². The summed E-state index contributed by atoms with van der Waals surface area (Å²) in [6.45, 7) is -0.584. The van der Waals surface area contributed by atoms with E-state index < -0.39 is 18.5 Å². The van der Waals surface area contributed by atoms with Gasteiger partial charge in [0, 0.05) is 0 Å². The molecule has 7 heteroatoms. The van der Waals surface area contributed by atoms with Crippen LogP contribution in [-0.4, -0.2) is 30.7 Å². The molecule has 0 aliphatic rings. The third kappa shape index (κ3) is 3.22. The Morgan fingerprint density at radius 2 is 2.33 bits per heavy atom. The monoisotopic (exact) mass is 231 g/mol. The fourth-order valence-corrected chi connectivity index (χ4v) is 1.58. The number of carboxylic acid groups (broad SMARTS) is 1. The third-order valence-electron chi connectivity index (χ3n) is 1.42. The fourth-order valence-electron chi connectivity index (χ4n) is 0.833. The molecule has 6 nitrogen and oxygen atoms in total. The number of ether oxygens (including phenoxy) is 1. The third-order valence-corrected chi connectivity index (χ3v) is 2.31. The zero-order chi connectivity index (χ0) is 11.3. The lowest BCUT2D eigenvalue weighted by molar-refractivity contribution is -0.144. The summed E-state index contributed by atoms with van der Waals surface area (Å²) in [7, 11) is 1.44. The Morgan fingerprint density at radius 3 is 2.93 bits per heavy atom. The van der Waals surface area contributed by atoms with Gasteiger partial charge in [-0.25, -0.2) is 10.3 Å². The lowest BCUT2D eigenvalue weighted by atomic mass is 10.4. The van der Waals surface area contributed by atoms with E-state index in [1.54, 1.807) is 11.4 Å². The molecular formula is C8H9NO5S. The van der Waals surface area contributed by atoms with Crippen LogP contribution in [0.25, 0.3) is 0 Å². The van der Waals surface area contributed by atoms with Crippen LogP contribution in [0.1, 0.15) is 9.67 Å². The molecule has 0 fully saturated rings. The van der Waals surface area contributed by atoms with E-state index in [1.807, 2.05) is 5.48 Å². The smallest absolute Gasteiger partial charge is 0.332 e. The molecule has 15 heavy (non-hydrogen) atoms. The van der Waals surface area contributed by atoms with Crippen molar-refractivity contribution in [1.29, 1.82) is 0 Å². The average Bonchev–Trinajstić information content (AvgIpc) is 2.64. The van der Waals surface area contributed by atoms with Gasteiger partial charge in [-0.15, -0.1) is 11.3 Å². The summed E-state index contributed by atoms with van der Waals surface area (Å²) in [5.41, 5.74) is 2.00. The van der Waals surface area contributed by atoms with Crippen molar-refractivity contribution in [3.8, 4) is 5.75 Å². The first-order valence-electron chi connectivity index (χ1n) is 3.90. The van der Waals surface area contributed by atoms with Crippen LogP contribution in [-0.2, 0) is 9.63 Å². The number of carbonyl (C=O) groups is 2. The minimum Gasteiger partial charge on any atom is -0.495 e. The second kappa shape index (κ2) is 5.32. The summed E-state index contributed by atoms with van der Waals surface area (Å²) in [6, 6.07) is 1.64. The molecule has 2 N–H and O–H groups in total. The van der Waals surface area contributed by atoms with Crippen LogP contribution in [0.4, 0.5) is 0 Å². The summed E-state index contributed by atoms with van der Waals surface area (Å²) < 4.78 is 4.91. The standard InChI is InChI=1S/C8H9NO5S/c1-13-5-2-3-15-7(5)8(12)9-14-4-6(10)11/h2-3H,4H2,1H3,(H,9,12)(H,10,11). The van der Waals surface area contributed by atoms with E-state index in [1.165, 1.54) is 18.4 Å². The van der Waals surface area contributed by atoms with Gasteiger partial charge >= 0.3 is 5.97 Å². The molecule has 1 amide bonds.